The average molecular weight is 406 g/mol. The van der Waals surface area contributed by atoms with Gasteiger partial charge in [0.2, 0.25) is 5.69 Å². The van der Waals surface area contributed by atoms with E-state index in [-0.39, 0.29) is 10.8 Å². The van der Waals surface area contributed by atoms with Crippen molar-refractivity contribution in [2.75, 3.05) is 19.0 Å². The van der Waals surface area contributed by atoms with Crippen LogP contribution in [0.15, 0.2) is 30.3 Å². The standard InChI is InChI=1S/C26H35N2.C2H6/c1-16-13-18(3)24-20(14-16)28(9)22(26(24,6)7)15-21-25(4,5)23-17(2)11-10-12-19(23)27(21)8;1-2/h10-14,21H,15H2,1-9H3;1-2H3/q+1;. The summed E-state index contributed by atoms with van der Waals surface area (Å²) >= 11 is 0. The lowest BCUT2D eigenvalue weighted by Gasteiger charge is -2.33. The molecule has 0 amide bonds. The third-order valence-electron chi connectivity index (χ3n) is 7.53. The number of likely N-dealkylation sites (N-methyl/N-ethyl adjacent to an activating group) is 1. The number of hydrogen-bond donors (Lipinski definition) is 0. The molecule has 0 spiro atoms. The Hall–Kier alpha value is -2.09. The molecule has 30 heavy (non-hydrogen) atoms. The third kappa shape index (κ3) is 3.11. The number of aryl methyl sites for hydroxylation is 3. The van der Waals surface area contributed by atoms with Crippen molar-refractivity contribution in [3.05, 3.63) is 58.1 Å². The lowest BCUT2D eigenvalue weighted by atomic mass is 9.72. The summed E-state index contributed by atoms with van der Waals surface area (Å²) in [6.07, 6.45) is 1.08. The van der Waals surface area contributed by atoms with Crippen LogP contribution in [0.25, 0.3) is 0 Å². The zero-order valence-corrected chi connectivity index (χ0v) is 21.1. The summed E-state index contributed by atoms with van der Waals surface area (Å²) in [5.41, 5.74) is 11.7. The average Bonchev–Trinajstić information content (AvgIpc) is 2.98. The Morgan fingerprint density at radius 1 is 0.933 bits per heavy atom. The van der Waals surface area contributed by atoms with E-state index in [4.69, 9.17) is 0 Å². The fourth-order valence-corrected chi connectivity index (χ4v) is 6.30. The van der Waals surface area contributed by atoms with E-state index in [9.17, 15) is 0 Å². The highest BCUT2D eigenvalue weighted by Crippen LogP contribution is 2.49. The molecule has 0 saturated heterocycles. The van der Waals surface area contributed by atoms with Gasteiger partial charge in [-0.05, 0) is 62.9 Å². The Morgan fingerprint density at radius 2 is 1.57 bits per heavy atom. The first-order valence-electron chi connectivity index (χ1n) is 11.5. The lowest BCUT2D eigenvalue weighted by molar-refractivity contribution is -0.404. The first kappa shape index (κ1) is 22.6. The van der Waals surface area contributed by atoms with Gasteiger partial charge in [-0.15, -0.1) is 0 Å². The summed E-state index contributed by atoms with van der Waals surface area (Å²) in [5.74, 6) is 0. The van der Waals surface area contributed by atoms with Crippen LogP contribution in [0.2, 0.25) is 0 Å². The SMILES string of the molecule is CC.Cc1cc(C)c2c(c1)[N+](C)=C(CC1N(C)c3cccc(C)c3C1(C)C)C2(C)C. The van der Waals surface area contributed by atoms with E-state index in [1.165, 1.54) is 44.9 Å². The van der Waals surface area contributed by atoms with Gasteiger partial charge in [-0.25, -0.2) is 4.58 Å². The minimum Gasteiger partial charge on any atom is -0.370 e. The molecule has 2 aromatic carbocycles. The van der Waals surface area contributed by atoms with Gasteiger partial charge in [-0.1, -0.05) is 45.9 Å². The first-order valence-corrected chi connectivity index (χ1v) is 11.5. The molecule has 2 heterocycles. The Morgan fingerprint density at radius 3 is 2.17 bits per heavy atom. The second-order valence-corrected chi connectivity index (χ2v) is 10.1. The van der Waals surface area contributed by atoms with Gasteiger partial charge in [0.15, 0.2) is 5.71 Å². The van der Waals surface area contributed by atoms with Gasteiger partial charge in [-0.2, -0.15) is 0 Å². The summed E-state index contributed by atoms with van der Waals surface area (Å²) in [5, 5.41) is 0. The maximum atomic E-state index is 2.53. The highest BCUT2D eigenvalue weighted by Gasteiger charge is 2.51. The summed E-state index contributed by atoms with van der Waals surface area (Å²) in [6, 6.07) is 11.9. The van der Waals surface area contributed by atoms with E-state index in [2.05, 4.69) is 102 Å². The van der Waals surface area contributed by atoms with Crippen molar-refractivity contribution in [1.82, 2.24) is 0 Å². The van der Waals surface area contributed by atoms with E-state index in [0.717, 1.165) is 6.42 Å². The number of fused-ring (bicyclic) bond motifs is 2. The van der Waals surface area contributed by atoms with Gasteiger partial charge in [0.1, 0.15) is 7.05 Å². The normalized spacial score (nSPS) is 20.6. The van der Waals surface area contributed by atoms with Crippen LogP contribution in [0.3, 0.4) is 0 Å². The predicted molar refractivity (Wildman–Crippen MR) is 132 cm³/mol. The molecule has 0 saturated carbocycles. The fourth-order valence-electron chi connectivity index (χ4n) is 6.30. The molecule has 0 radical (unpaired) electrons. The zero-order valence-electron chi connectivity index (χ0n) is 21.1. The van der Waals surface area contributed by atoms with Gasteiger partial charge in [0, 0.05) is 35.8 Å². The maximum Gasteiger partial charge on any atom is 0.209 e. The molecule has 0 aliphatic carbocycles. The van der Waals surface area contributed by atoms with E-state index in [1.54, 1.807) is 0 Å². The molecule has 0 bridgehead atoms. The van der Waals surface area contributed by atoms with Crippen LogP contribution < -0.4 is 4.90 Å². The summed E-state index contributed by atoms with van der Waals surface area (Å²) in [4.78, 5) is 2.53. The van der Waals surface area contributed by atoms with Crippen LogP contribution in [0.1, 0.15) is 75.8 Å². The lowest BCUT2D eigenvalue weighted by Crippen LogP contribution is -2.44. The third-order valence-corrected chi connectivity index (χ3v) is 7.53. The number of nitrogens with zero attached hydrogens (tertiary/aromatic N) is 2. The number of anilines is 1. The van der Waals surface area contributed by atoms with E-state index in [1.807, 2.05) is 13.8 Å². The summed E-state index contributed by atoms with van der Waals surface area (Å²) < 4.78 is 2.48. The Labute approximate surface area is 184 Å². The largest absolute Gasteiger partial charge is 0.370 e. The number of hydrogen-bond acceptors (Lipinski definition) is 1. The molecule has 162 valence electrons. The summed E-state index contributed by atoms with van der Waals surface area (Å²) in [7, 11) is 4.55. The fraction of sp³-hybridized carbons (Fsp3) is 0.536. The number of benzene rings is 2. The van der Waals surface area contributed by atoms with Crippen LogP contribution in [-0.4, -0.2) is 30.4 Å². The predicted octanol–water partition coefficient (Wildman–Crippen LogP) is 6.83. The molecule has 0 N–H and O–H groups in total. The van der Waals surface area contributed by atoms with Gasteiger partial charge in [-0.3, -0.25) is 0 Å². The van der Waals surface area contributed by atoms with Gasteiger partial charge in [0.25, 0.3) is 0 Å². The second-order valence-electron chi connectivity index (χ2n) is 10.1. The molecule has 1 unspecified atom stereocenters. The van der Waals surface area contributed by atoms with E-state index >= 15 is 0 Å². The smallest absolute Gasteiger partial charge is 0.209 e. The Balaban J connectivity index is 0.00000124. The van der Waals surface area contributed by atoms with Crippen LogP contribution >= 0.6 is 0 Å². The van der Waals surface area contributed by atoms with E-state index < -0.39 is 0 Å². The molecule has 1 atom stereocenters. The molecule has 2 nitrogen and oxygen atoms in total. The highest BCUT2D eigenvalue weighted by molar-refractivity contribution is 5.96. The minimum atomic E-state index is 0.0581. The van der Waals surface area contributed by atoms with Gasteiger partial charge < -0.3 is 4.90 Å². The Kier molecular flexibility index (Phi) is 5.69. The van der Waals surface area contributed by atoms with Crippen LogP contribution in [0, 0.1) is 20.8 Å². The molecule has 2 aliphatic heterocycles. The van der Waals surface area contributed by atoms with Crippen molar-refractivity contribution in [2.45, 2.75) is 85.6 Å². The van der Waals surface area contributed by atoms with Gasteiger partial charge >= 0.3 is 0 Å². The quantitative estimate of drug-likeness (QED) is 0.496. The molecule has 0 aromatic heterocycles. The van der Waals surface area contributed by atoms with Crippen LogP contribution in [-0.2, 0) is 10.8 Å². The molecule has 2 heteroatoms. The maximum absolute atomic E-state index is 2.53. The minimum absolute atomic E-state index is 0.0581. The zero-order chi connectivity index (χ0) is 22.6. The molecular weight excluding hydrogens is 364 g/mol. The number of rotatable bonds is 2. The Bertz CT molecular complexity index is 1010. The van der Waals surface area contributed by atoms with Crippen molar-refractivity contribution >= 4 is 17.1 Å². The molecule has 4 rings (SSSR count). The highest BCUT2D eigenvalue weighted by atomic mass is 15.2. The van der Waals surface area contributed by atoms with E-state index in [0.29, 0.717) is 6.04 Å². The molecule has 2 aromatic rings. The molecule has 2 aliphatic rings. The monoisotopic (exact) mass is 405 g/mol. The topological polar surface area (TPSA) is 6.25 Å². The van der Waals surface area contributed by atoms with Crippen molar-refractivity contribution in [3.8, 4) is 0 Å². The van der Waals surface area contributed by atoms with Gasteiger partial charge in [0.05, 0.1) is 11.8 Å². The first-order chi connectivity index (χ1) is 14.0. The van der Waals surface area contributed by atoms with Crippen molar-refractivity contribution in [2.24, 2.45) is 0 Å². The van der Waals surface area contributed by atoms with Crippen molar-refractivity contribution in [1.29, 1.82) is 0 Å². The molecule has 0 fully saturated rings. The van der Waals surface area contributed by atoms with Crippen molar-refractivity contribution < 1.29 is 4.58 Å². The summed E-state index contributed by atoms with van der Waals surface area (Å²) in [6.45, 7) is 20.4. The van der Waals surface area contributed by atoms with Crippen molar-refractivity contribution in [3.63, 3.8) is 0 Å². The second kappa shape index (κ2) is 7.55. The van der Waals surface area contributed by atoms with Crippen LogP contribution in [0.5, 0.6) is 0 Å². The molecular formula is C28H41N2+. The van der Waals surface area contributed by atoms with Crippen LogP contribution in [0.4, 0.5) is 11.4 Å².